The molecule has 0 aliphatic carbocycles. The summed E-state index contributed by atoms with van der Waals surface area (Å²) in [4.78, 5) is 13.7. The van der Waals surface area contributed by atoms with Gasteiger partial charge in [0.2, 0.25) is 5.91 Å². The lowest BCUT2D eigenvalue weighted by molar-refractivity contribution is -0.128. The summed E-state index contributed by atoms with van der Waals surface area (Å²) < 4.78 is 0. The van der Waals surface area contributed by atoms with Gasteiger partial charge in [-0.3, -0.25) is 4.79 Å². The van der Waals surface area contributed by atoms with Crippen molar-refractivity contribution >= 4 is 34.8 Å². The summed E-state index contributed by atoms with van der Waals surface area (Å²) in [7, 11) is 0. The topological polar surface area (TPSA) is 32.3 Å². The Labute approximate surface area is 124 Å². The van der Waals surface area contributed by atoms with Crippen LogP contribution in [0.5, 0.6) is 0 Å². The van der Waals surface area contributed by atoms with Gasteiger partial charge in [0.15, 0.2) is 0 Å². The molecule has 5 heteroatoms. The molecule has 0 saturated carbocycles. The van der Waals surface area contributed by atoms with Crippen molar-refractivity contribution in [3.8, 4) is 0 Å². The van der Waals surface area contributed by atoms with E-state index in [-0.39, 0.29) is 12.5 Å². The first kappa shape index (κ1) is 15.9. The number of nitrogens with one attached hydrogen (secondary N) is 1. The van der Waals surface area contributed by atoms with Crippen LogP contribution in [0.2, 0.25) is 10.0 Å². The van der Waals surface area contributed by atoms with Gasteiger partial charge in [-0.2, -0.15) is 0 Å². The molecular formula is C14H18Cl2N2O. The average Bonchev–Trinajstić information content (AvgIpc) is 2.36. The summed E-state index contributed by atoms with van der Waals surface area (Å²) in [6.45, 7) is 9.13. The summed E-state index contributed by atoms with van der Waals surface area (Å²) in [6, 6.07) is 5.19. The summed E-state index contributed by atoms with van der Waals surface area (Å²) in [6.07, 6.45) is 0. The number of likely N-dealkylation sites (N-methyl/N-ethyl adjacent to an activating group) is 1. The van der Waals surface area contributed by atoms with Crippen LogP contribution in [0.1, 0.15) is 13.8 Å². The van der Waals surface area contributed by atoms with E-state index in [0.717, 1.165) is 11.3 Å². The van der Waals surface area contributed by atoms with Gasteiger partial charge in [0.1, 0.15) is 0 Å². The zero-order valence-corrected chi connectivity index (χ0v) is 12.7. The molecule has 0 heterocycles. The molecule has 0 aliphatic rings. The van der Waals surface area contributed by atoms with Crippen LogP contribution >= 0.6 is 23.2 Å². The summed E-state index contributed by atoms with van der Waals surface area (Å²) in [5.41, 5.74) is 1.74. The lowest BCUT2D eigenvalue weighted by Crippen LogP contribution is -2.36. The van der Waals surface area contributed by atoms with Crippen LogP contribution in [-0.2, 0) is 4.79 Å². The minimum absolute atomic E-state index is 0.0246. The number of hydrogen-bond acceptors (Lipinski definition) is 2. The number of carbonyl (C=O) groups is 1. The highest BCUT2D eigenvalue weighted by atomic mass is 35.5. The Hall–Kier alpha value is -1.19. The number of anilines is 1. The summed E-state index contributed by atoms with van der Waals surface area (Å²) in [5, 5.41) is 4.00. The van der Waals surface area contributed by atoms with E-state index in [1.165, 1.54) is 0 Å². The SMILES string of the molecule is C=C(C)CN(CC)C(=O)CNc1ccc(Cl)c(Cl)c1. The molecule has 1 N–H and O–H groups in total. The molecule has 0 bridgehead atoms. The highest BCUT2D eigenvalue weighted by Crippen LogP contribution is 2.24. The molecule has 0 aliphatic heterocycles. The number of benzene rings is 1. The Morgan fingerprint density at radius 3 is 2.58 bits per heavy atom. The largest absolute Gasteiger partial charge is 0.376 e. The number of rotatable bonds is 6. The molecule has 0 radical (unpaired) electrons. The first-order valence-corrected chi connectivity index (χ1v) is 6.80. The van der Waals surface area contributed by atoms with E-state index >= 15 is 0 Å². The molecule has 0 fully saturated rings. The van der Waals surface area contributed by atoms with Gasteiger partial charge in [0.05, 0.1) is 16.6 Å². The van der Waals surface area contributed by atoms with Gasteiger partial charge < -0.3 is 10.2 Å². The van der Waals surface area contributed by atoms with Crippen LogP contribution in [0.15, 0.2) is 30.4 Å². The highest BCUT2D eigenvalue weighted by molar-refractivity contribution is 6.42. The van der Waals surface area contributed by atoms with E-state index in [1.807, 2.05) is 13.8 Å². The van der Waals surface area contributed by atoms with Gasteiger partial charge in [0.25, 0.3) is 0 Å². The van der Waals surface area contributed by atoms with Crippen molar-refractivity contribution in [2.75, 3.05) is 25.0 Å². The second-order valence-corrected chi connectivity index (χ2v) is 5.16. The van der Waals surface area contributed by atoms with Gasteiger partial charge in [-0.15, -0.1) is 0 Å². The Bertz CT molecular complexity index is 475. The third kappa shape index (κ3) is 5.13. The van der Waals surface area contributed by atoms with Gasteiger partial charge >= 0.3 is 0 Å². The predicted molar refractivity (Wildman–Crippen MR) is 82.0 cm³/mol. The van der Waals surface area contributed by atoms with E-state index < -0.39 is 0 Å². The van der Waals surface area contributed by atoms with Crippen molar-refractivity contribution in [2.24, 2.45) is 0 Å². The molecule has 0 saturated heterocycles. The van der Waals surface area contributed by atoms with Gasteiger partial charge in [-0.25, -0.2) is 0 Å². The number of nitrogens with zero attached hydrogens (tertiary/aromatic N) is 1. The number of amides is 1. The lowest BCUT2D eigenvalue weighted by atomic mass is 10.3. The Balaban J connectivity index is 2.57. The molecule has 0 unspecified atom stereocenters. The molecule has 1 aromatic carbocycles. The molecule has 0 atom stereocenters. The first-order chi connectivity index (χ1) is 8.93. The van der Waals surface area contributed by atoms with Crippen LogP contribution < -0.4 is 5.32 Å². The molecule has 19 heavy (non-hydrogen) atoms. The fourth-order valence-corrected chi connectivity index (χ4v) is 1.90. The van der Waals surface area contributed by atoms with Crippen LogP contribution in [0.3, 0.4) is 0 Å². The zero-order valence-electron chi connectivity index (χ0n) is 11.2. The maximum absolute atomic E-state index is 12.0. The Kier molecular flexibility index (Phi) is 6.19. The van der Waals surface area contributed by atoms with Gasteiger partial charge in [0, 0.05) is 18.8 Å². The number of halogens is 2. The quantitative estimate of drug-likeness (QED) is 0.810. The fraction of sp³-hybridized carbons (Fsp3) is 0.357. The van der Waals surface area contributed by atoms with Gasteiger partial charge in [-0.05, 0) is 32.0 Å². The average molecular weight is 301 g/mol. The Morgan fingerprint density at radius 2 is 2.05 bits per heavy atom. The van der Waals surface area contributed by atoms with Crippen molar-refractivity contribution in [1.82, 2.24) is 4.90 Å². The van der Waals surface area contributed by atoms with Gasteiger partial charge in [-0.1, -0.05) is 35.4 Å². The summed E-state index contributed by atoms with van der Waals surface area (Å²) in [5.74, 6) is 0.0246. The first-order valence-electron chi connectivity index (χ1n) is 6.05. The lowest BCUT2D eigenvalue weighted by Gasteiger charge is -2.21. The van der Waals surface area contributed by atoms with Crippen LogP contribution in [0.4, 0.5) is 5.69 Å². The van der Waals surface area contributed by atoms with E-state index in [2.05, 4.69) is 11.9 Å². The highest BCUT2D eigenvalue weighted by Gasteiger charge is 2.11. The molecular weight excluding hydrogens is 283 g/mol. The predicted octanol–water partition coefficient (Wildman–Crippen LogP) is 3.83. The van der Waals surface area contributed by atoms with E-state index in [4.69, 9.17) is 23.2 Å². The molecule has 0 aromatic heterocycles. The molecule has 1 aromatic rings. The van der Waals surface area contributed by atoms with Crippen LogP contribution in [0.25, 0.3) is 0 Å². The van der Waals surface area contributed by atoms with Crippen LogP contribution in [0, 0.1) is 0 Å². The molecule has 3 nitrogen and oxygen atoms in total. The van der Waals surface area contributed by atoms with Crippen LogP contribution in [-0.4, -0.2) is 30.4 Å². The standard InChI is InChI=1S/C14H18Cl2N2O/c1-4-18(9-10(2)3)14(19)8-17-11-5-6-12(15)13(16)7-11/h5-7,17H,2,4,8-9H2,1,3H3. The van der Waals surface area contributed by atoms with E-state index in [0.29, 0.717) is 23.1 Å². The third-order valence-electron chi connectivity index (χ3n) is 2.56. The van der Waals surface area contributed by atoms with E-state index in [1.54, 1.807) is 23.1 Å². The smallest absolute Gasteiger partial charge is 0.242 e. The third-order valence-corrected chi connectivity index (χ3v) is 3.30. The number of carbonyl (C=O) groups excluding carboxylic acids is 1. The molecule has 0 spiro atoms. The molecule has 104 valence electrons. The minimum atomic E-state index is 0.0246. The van der Waals surface area contributed by atoms with Crippen molar-refractivity contribution in [3.63, 3.8) is 0 Å². The van der Waals surface area contributed by atoms with Crippen molar-refractivity contribution < 1.29 is 4.79 Å². The summed E-state index contributed by atoms with van der Waals surface area (Å²) >= 11 is 11.7. The van der Waals surface area contributed by atoms with Crippen molar-refractivity contribution in [3.05, 3.63) is 40.4 Å². The zero-order chi connectivity index (χ0) is 14.4. The fourth-order valence-electron chi connectivity index (χ4n) is 1.60. The molecule has 1 amide bonds. The maximum atomic E-state index is 12.0. The maximum Gasteiger partial charge on any atom is 0.242 e. The normalized spacial score (nSPS) is 10.1. The number of hydrogen-bond donors (Lipinski definition) is 1. The second kappa shape index (κ2) is 7.41. The van der Waals surface area contributed by atoms with Crippen molar-refractivity contribution in [2.45, 2.75) is 13.8 Å². The van der Waals surface area contributed by atoms with Crippen molar-refractivity contribution in [1.29, 1.82) is 0 Å². The minimum Gasteiger partial charge on any atom is -0.376 e. The Morgan fingerprint density at radius 1 is 1.37 bits per heavy atom. The van der Waals surface area contributed by atoms with E-state index in [9.17, 15) is 4.79 Å². The monoisotopic (exact) mass is 300 g/mol. The second-order valence-electron chi connectivity index (χ2n) is 4.35. The molecule has 1 rings (SSSR count).